The number of halogens is 4. The molecule has 1 nitrogen and oxygen atoms in total. The van der Waals surface area contributed by atoms with Crippen molar-refractivity contribution in [1.82, 2.24) is 4.98 Å². The van der Waals surface area contributed by atoms with E-state index in [2.05, 4.69) is 20.9 Å². The Bertz CT molecular complexity index is 554. The van der Waals surface area contributed by atoms with Crippen LogP contribution in [0.5, 0.6) is 0 Å². The number of aromatic nitrogens is 1. The highest BCUT2D eigenvalue weighted by Gasteiger charge is 2.15. The maximum atomic E-state index is 13.5. The molecule has 2 aromatic rings. The molecule has 1 heterocycles. The van der Waals surface area contributed by atoms with E-state index in [0.29, 0.717) is 10.2 Å². The highest BCUT2D eigenvalue weighted by Crippen LogP contribution is 2.31. The van der Waals surface area contributed by atoms with Gasteiger partial charge in [-0.25, -0.2) is 13.2 Å². The van der Waals surface area contributed by atoms with Crippen molar-refractivity contribution in [3.8, 4) is 0 Å². The quantitative estimate of drug-likeness (QED) is 0.759. The summed E-state index contributed by atoms with van der Waals surface area (Å²) in [7, 11) is 0. The van der Waals surface area contributed by atoms with Gasteiger partial charge < -0.3 is 0 Å². The second kappa shape index (κ2) is 4.05. The Hall–Kier alpha value is -1.10. The maximum absolute atomic E-state index is 13.5. The van der Waals surface area contributed by atoms with Crippen LogP contribution in [-0.2, 0) is 0 Å². The third-order valence-corrected chi connectivity index (χ3v) is 2.68. The van der Waals surface area contributed by atoms with E-state index in [-0.39, 0.29) is 16.5 Å². The number of benzene rings is 1. The lowest BCUT2D eigenvalue weighted by atomic mass is 10.1. The molecule has 0 bridgehead atoms. The largest absolute Gasteiger partial charge is 0.264 e. The number of aryl methyl sites for hydroxylation is 1. The van der Waals surface area contributed by atoms with Crippen molar-refractivity contribution in [2.45, 2.75) is 13.3 Å². The van der Waals surface area contributed by atoms with Crippen LogP contribution in [0.3, 0.4) is 0 Å². The van der Waals surface area contributed by atoms with Gasteiger partial charge in [-0.1, -0.05) is 15.9 Å². The maximum Gasteiger partial charge on any atom is 0.264 e. The van der Waals surface area contributed by atoms with Gasteiger partial charge in [-0.2, -0.15) is 0 Å². The molecule has 16 heavy (non-hydrogen) atoms. The van der Waals surface area contributed by atoms with Crippen molar-refractivity contribution in [1.29, 1.82) is 0 Å². The van der Waals surface area contributed by atoms with Gasteiger partial charge in [0.15, 0.2) is 5.82 Å². The first-order valence-electron chi connectivity index (χ1n) is 4.53. The molecule has 2 rings (SSSR count). The van der Waals surface area contributed by atoms with E-state index in [0.717, 1.165) is 0 Å². The second-order valence-corrected chi connectivity index (χ2v) is 4.35. The average molecular weight is 290 g/mol. The van der Waals surface area contributed by atoms with Crippen molar-refractivity contribution in [3.05, 3.63) is 39.7 Å². The van der Waals surface area contributed by atoms with Crippen LogP contribution in [0.4, 0.5) is 13.2 Å². The highest BCUT2D eigenvalue weighted by atomic mass is 79.9. The van der Waals surface area contributed by atoms with Crippen molar-refractivity contribution >= 4 is 26.8 Å². The first-order valence-corrected chi connectivity index (χ1v) is 5.33. The predicted octanol–water partition coefficient (Wildman–Crippen LogP) is 4.38. The van der Waals surface area contributed by atoms with Crippen molar-refractivity contribution in [2.24, 2.45) is 0 Å². The van der Waals surface area contributed by atoms with Crippen LogP contribution >= 0.6 is 15.9 Å². The Morgan fingerprint density at radius 3 is 2.56 bits per heavy atom. The minimum absolute atomic E-state index is 0.0153. The Balaban J connectivity index is 2.89. The molecule has 0 N–H and O–H groups in total. The first-order chi connectivity index (χ1) is 7.49. The van der Waals surface area contributed by atoms with E-state index in [1.807, 2.05) is 0 Å². The average Bonchev–Trinajstić information content (AvgIpc) is 2.18. The lowest BCUT2D eigenvalue weighted by molar-refractivity contribution is 0.153. The van der Waals surface area contributed by atoms with E-state index in [4.69, 9.17) is 0 Å². The number of fused-ring (bicyclic) bond motifs is 1. The number of pyridine rings is 1. The summed E-state index contributed by atoms with van der Waals surface area (Å²) < 4.78 is 39.5. The molecule has 0 aliphatic rings. The molecule has 0 unspecified atom stereocenters. The summed E-state index contributed by atoms with van der Waals surface area (Å²) in [6.07, 6.45) is -2.64. The zero-order valence-corrected chi connectivity index (χ0v) is 9.85. The molecule has 0 fully saturated rings. The number of rotatable bonds is 1. The van der Waals surface area contributed by atoms with Gasteiger partial charge >= 0.3 is 0 Å². The van der Waals surface area contributed by atoms with Crippen molar-refractivity contribution in [3.63, 3.8) is 0 Å². The number of hydrogen-bond acceptors (Lipinski definition) is 1. The summed E-state index contributed by atoms with van der Waals surface area (Å²) in [5, 5.41) is 0.146. The van der Waals surface area contributed by atoms with Crippen molar-refractivity contribution < 1.29 is 13.2 Å². The molecular weight excluding hydrogens is 283 g/mol. The van der Waals surface area contributed by atoms with Gasteiger partial charge in [0, 0.05) is 21.1 Å². The summed E-state index contributed by atoms with van der Waals surface area (Å²) in [6, 6.07) is 3.94. The fourth-order valence-corrected chi connectivity index (χ4v) is 2.02. The van der Waals surface area contributed by atoms with Crippen LogP contribution in [0.25, 0.3) is 10.9 Å². The molecule has 0 aliphatic carbocycles. The Morgan fingerprint density at radius 2 is 1.94 bits per heavy atom. The van der Waals surface area contributed by atoms with Gasteiger partial charge in [0.1, 0.15) is 5.52 Å². The van der Waals surface area contributed by atoms with Crippen LogP contribution in [0.1, 0.15) is 17.7 Å². The van der Waals surface area contributed by atoms with Crippen molar-refractivity contribution in [2.75, 3.05) is 0 Å². The lowest BCUT2D eigenvalue weighted by Crippen LogP contribution is -1.95. The monoisotopic (exact) mass is 289 g/mol. The summed E-state index contributed by atoms with van der Waals surface area (Å²) in [5.41, 5.74) is 0.172. The molecule has 84 valence electrons. The topological polar surface area (TPSA) is 12.9 Å². The molecule has 0 amide bonds. The highest BCUT2D eigenvalue weighted by molar-refractivity contribution is 9.10. The van der Waals surface area contributed by atoms with Crippen LogP contribution in [-0.4, -0.2) is 4.98 Å². The minimum atomic E-state index is -2.64. The Kier molecular flexibility index (Phi) is 2.88. The summed E-state index contributed by atoms with van der Waals surface area (Å²) in [6.45, 7) is 1.56. The Labute approximate surface area is 98.4 Å². The molecular formula is C11H7BrF3N. The van der Waals surface area contributed by atoms with E-state index in [9.17, 15) is 13.2 Å². The molecule has 0 saturated carbocycles. The standard InChI is InChI=1S/C11H7BrF3N/c1-5-2-8(11(14)15)7-3-6(12)4-9(13)10(7)16-5/h2-4,11H,1H3. The first kappa shape index (κ1) is 11.4. The SMILES string of the molecule is Cc1cc(C(F)F)c2cc(Br)cc(F)c2n1. The van der Waals surface area contributed by atoms with Crippen LogP contribution in [0.2, 0.25) is 0 Å². The van der Waals surface area contributed by atoms with Crippen LogP contribution in [0, 0.1) is 12.7 Å². The molecule has 0 atom stereocenters. The lowest BCUT2D eigenvalue weighted by Gasteiger charge is -2.08. The molecule has 5 heteroatoms. The van der Waals surface area contributed by atoms with Gasteiger partial charge in [0.25, 0.3) is 6.43 Å². The molecule has 0 radical (unpaired) electrons. The Morgan fingerprint density at radius 1 is 1.25 bits per heavy atom. The molecule has 0 saturated heterocycles. The van der Waals surface area contributed by atoms with Crippen LogP contribution in [0.15, 0.2) is 22.7 Å². The van der Waals surface area contributed by atoms with Gasteiger partial charge in [0.05, 0.1) is 0 Å². The molecule has 1 aromatic carbocycles. The van der Waals surface area contributed by atoms with Crippen LogP contribution < -0.4 is 0 Å². The number of hydrogen-bond donors (Lipinski definition) is 0. The third kappa shape index (κ3) is 1.91. The van der Waals surface area contributed by atoms with E-state index in [1.54, 1.807) is 6.92 Å². The molecule has 1 aromatic heterocycles. The molecule has 0 spiro atoms. The smallest absolute Gasteiger partial charge is 0.250 e. The number of nitrogens with zero attached hydrogens (tertiary/aromatic N) is 1. The normalized spacial score (nSPS) is 11.4. The van der Waals surface area contributed by atoms with E-state index < -0.39 is 12.2 Å². The van der Waals surface area contributed by atoms with Gasteiger partial charge in [-0.05, 0) is 25.1 Å². The van der Waals surface area contributed by atoms with E-state index >= 15 is 0 Å². The zero-order chi connectivity index (χ0) is 11.9. The van der Waals surface area contributed by atoms with Gasteiger partial charge in [0.2, 0.25) is 0 Å². The summed E-state index contributed by atoms with van der Waals surface area (Å²) in [4.78, 5) is 3.93. The fourth-order valence-electron chi connectivity index (χ4n) is 1.59. The predicted molar refractivity (Wildman–Crippen MR) is 59.1 cm³/mol. The fraction of sp³-hybridized carbons (Fsp3) is 0.182. The number of alkyl halides is 2. The van der Waals surface area contributed by atoms with E-state index in [1.165, 1.54) is 18.2 Å². The minimum Gasteiger partial charge on any atom is -0.250 e. The second-order valence-electron chi connectivity index (χ2n) is 3.44. The molecule has 0 aliphatic heterocycles. The van der Waals surface area contributed by atoms with Gasteiger partial charge in [-0.3, -0.25) is 4.98 Å². The van der Waals surface area contributed by atoms with Gasteiger partial charge in [-0.15, -0.1) is 0 Å². The zero-order valence-electron chi connectivity index (χ0n) is 8.27. The summed E-state index contributed by atoms with van der Waals surface area (Å²) in [5.74, 6) is -0.602. The third-order valence-electron chi connectivity index (χ3n) is 2.23. The summed E-state index contributed by atoms with van der Waals surface area (Å²) >= 11 is 3.07.